The van der Waals surface area contributed by atoms with E-state index in [-0.39, 0.29) is 0 Å². The average molecular weight is 244 g/mol. The van der Waals surface area contributed by atoms with Crippen molar-refractivity contribution in [3.8, 4) is 11.3 Å². The average Bonchev–Trinajstić information content (AvgIpc) is 2.74. The van der Waals surface area contributed by atoms with E-state index in [1.54, 1.807) is 11.3 Å². The molecule has 0 aliphatic heterocycles. The third-order valence-corrected chi connectivity index (χ3v) is 4.06. The largest absolute Gasteiger partial charge is 0.233 e. The highest BCUT2D eigenvalue weighted by atomic mass is 32.1. The minimum atomic E-state index is 0.632. The highest BCUT2D eigenvalue weighted by Crippen LogP contribution is 2.29. The van der Waals surface area contributed by atoms with Crippen molar-refractivity contribution >= 4 is 11.3 Å². The fraction of sp³-hybridized carbons (Fsp3) is 0.400. The van der Waals surface area contributed by atoms with Crippen molar-refractivity contribution in [3.63, 3.8) is 0 Å². The summed E-state index contributed by atoms with van der Waals surface area (Å²) in [6.45, 7) is 8.80. The summed E-state index contributed by atoms with van der Waals surface area (Å²) in [6, 6.07) is 6.68. The van der Waals surface area contributed by atoms with E-state index >= 15 is 0 Å². The van der Waals surface area contributed by atoms with E-state index in [2.05, 4.69) is 56.4 Å². The van der Waals surface area contributed by atoms with Crippen molar-refractivity contribution in [3.05, 3.63) is 39.7 Å². The molecule has 1 heterocycles. The predicted molar refractivity (Wildman–Crippen MR) is 74.6 cm³/mol. The van der Waals surface area contributed by atoms with Gasteiger partial charge in [-0.2, -0.15) is 0 Å². The Bertz CT molecular complexity index is 513. The third kappa shape index (κ3) is 2.42. The fourth-order valence-corrected chi connectivity index (χ4v) is 2.66. The quantitative estimate of drug-likeness (QED) is 0.760. The molecule has 1 aromatic carbocycles. The second-order valence-corrected chi connectivity index (χ2v) is 5.59. The smallest absolute Gasteiger partial charge is 0.153 e. The number of hydrogen-bond acceptors (Lipinski definition) is 2. The van der Waals surface area contributed by atoms with Crippen LogP contribution in [0, 0.1) is 19.4 Å². The molecule has 2 heteroatoms. The highest BCUT2D eigenvalue weighted by molar-refractivity contribution is 7.09. The van der Waals surface area contributed by atoms with Crippen molar-refractivity contribution < 1.29 is 0 Å². The molecule has 0 bridgehead atoms. The van der Waals surface area contributed by atoms with Crippen LogP contribution in [0.2, 0.25) is 0 Å². The molecule has 2 rings (SSSR count). The van der Waals surface area contributed by atoms with Crippen molar-refractivity contribution in [2.75, 3.05) is 0 Å². The van der Waals surface area contributed by atoms with Crippen LogP contribution in [-0.4, -0.2) is 4.98 Å². The first kappa shape index (κ1) is 12.3. The number of rotatable bonds is 3. The van der Waals surface area contributed by atoms with Crippen LogP contribution in [0.15, 0.2) is 18.2 Å². The Morgan fingerprint density at radius 3 is 2.65 bits per heavy atom. The SMILES string of the molecule is CCC(C)c1ccc(-c2n[c]sc2C)cc1C. The maximum absolute atomic E-state index is 4.32. The molecule has 89 valence electrons. The van der Waals surface area contributed by atoms with Gasteiger partial charge in [0.2, 0.25) is 0 Å². The van der Waals surface area contributed by atoms with E-state index in [0.29, 0.717) is 5.92 Å². The molecule has 1 aromatic heterocycles. The number of aryl methyl sites for hydroxylation is 2. The van der Waals surface area contributed by atoms with Gasteiger partial charge in [-0.25, -0.2) is 4.98 Å². The molecule has 0 N–H and O–H groups in total. The molecule has 1 atom stereocenters. The first-order chi connectivity index (χ1) is 8.13. The zero-order valence-electron chi connectivity index (χ0n) is 10.9. The summed E-state index contributed by atoms with van der Waals surface area (Å²) < 4.78 is 0. The second kappa shape index (κ2) is 5.01. The van der Waals surface area contributed by atoms with Crippen LogP contribution < -0.4 is 0 Å². The number of nitrogens with zero attached hydrogens (tertiary/aromatic N) is 1. The van der Waals surface area contributed by atoms with E-state index in [1.165, 1.54) is 28.0 Å². The lowest BCUT2D eigenvalue weighted by Crippen LogP contribution is -1.95. The predicted octanol–water partition coefficient (Wildman–Crippen LogP) is 4.74. The van der Waals surface area contributed by atoms with Crippen LogP contribution in [0.5, 0.6) is 0 Å². The van der Waals surface area contributed by atoms with Gasteiger partial charge in [0.1, 0.15) is 0 Å². The molecule has 0 aliphatic rings. The lowest BCUT2D eigenvalue weighted by molar-refractivity contribution is 0.728. The van der Waals surface area contributed by atoms with E-state index < -0.39 is 0 Å². The molecular formula is C15H18NS. The molecule has 0 fully saturated rings. The van der Waals surface area contributed by atoms with Crippen molar-refractivity contribution in [2.45, 2.75) is 40.0 Å². The number of aromatic nitrogens is 1. The fourth-order valence-electron chi connectivity index (χ4n) is 2.13. The minimum Gasteiger partial charge on any atom is -0.233 e. The molecule has 0 saturated heterocycles. The first-order valence-corrected chi connectivity index (χ1v) is 6.89. The maximum Gasteiger partial charge on any atom is 0.153 e. The van der Waals surface area contributed by atoms with Crippen LogP contribution >= 0.6 is 11.3 Å². The summed E-state index contributed by atoms with van der Waals surface area (Å²) in [6.07, 6.45) is 1.18. The monoisotopic (exact) mass is 244 g/mol. The van der Waals surface area contributed by atoms with Crippen LogP contribution in [0.25, 0.3) is 11.3 Å². The van der Waals surface area contributed by atoms with Gasteiger partial charge < -0.3 is 0 Å². The van der Waals surface area contributed by atoms with Crippen molar-refractivity contribution in [1.29, 1.82) is 0 Å². The molecule has 0 amide bonds. The Hall–Kier alpha value is -1.15. The van der Waals surface area contributed by atoms with Crippen LogP contribution in [0.4, 0.5) is 0 Å². The summed E-state index contributed by atoms with van der Waals surface area (Å²) in [7, 11) is 0. The summed E-state index contributed by atoms with van der Waals surface area (Å²) in [5.74, 6) is 0.632. The minimum absolute atomic E-state index is 0.632. The number of hydrogen-bond donors (Lipinski definition) is 0. The molecule has 2 aromatic rings. The summed E-state index contributed by atoms with van der Waals surface area (Å²) in [5, 5.41) is 0. The van der Waals surface area contributed by atoms with Gasteiger partial charge in [-0.05, 0) is 43.4 Å². The van der Waals surface area contributed by atoms with Crippen molar-refractivity contribution in [1.82, 2.24) is 4.98 Å². The normalized spacial score (nSPS) is 12.7. The Balaban J connectivity index is 2.41. The Morgan fingerprint density at radius 1 is 1.35 bits per heavy atom. The van der Waals surface area contributed by atoms with E-state index in [4.69, 9.17) is 0 Å². The summed E-state index contributed by atoms with van der Waals surface area (Å²) in [4.78, 5) is 5.55. The van der Waals surface area contributed by atoms with Gasteiger partial charge in [-0.3, -0.25) is 0 Å². The van der Waals surface area contributed by atoms with Gasteiger partial charge in [0, 0.05) is 10.4 Å². The van der Waals surface area contributed by atoms with E-state index in [9.17, 15) is 0 Å². The van der Waals surface area contributed by atoms with Gasteiger partial charge in [-0.1, -0.05) is 26.0 Å². The van der Waals surface area contributed by atoms with Gasteiger partial charge in [-0.15, -0.1) is 11.3 Å². The Kier molecular flexibility index (Phi) is 3.63. The topological polar surface area (TPSA) is 12.9 Å². The molecule has 0 spiro atoms. The number of thiazole rings is 1. The Morgan fingerprint density at radius 2 is 2.12 bits per heavy atom. The zero-order chi connectivity index (χ0) is 12.4. The molecule has 1 nitrogen and oxygen atoms in total. The molecular weight excluding hydrogens is 226 g/mol. The van der Waals surface area contributed by atoms with E-state index in [1.807, 2.05) is 0 Å². The molecule has 1 radical (unpaired) electrons. The third-order valence-electron chi connectivity index (χ3n) is 3.38. The highest BCUT2D eigenvalue weighted by Gasteiger charge is 2.10. The second-order valence-electron chi connectivity index (χ2n) is 4.59. The lowest BCUT2D eigenvalue weighted by atomic mass is 9.92. The van der Waals surface area contributed by atoms with Crippen LogP contribution in [0.1, 0.15) is 42.2 Å². The maximum atomic E-state index is 4.32. The molecule has 0 aliphatic carbocycles. The van der Waals surface area contributed by atoms with Gasteiger partial charge in [0.05, 0.1) is 5.69 Å². The first-order valence-electron chi connectivity index (χ1n) is 6.07. The summed E-state index contributed by atoms with van der Waals surface area (Å²) in [5.41, 5.74) is 8.06. The standard InChI is InChI=1S/C15H18NS/c1-5-10(2)14-7-6-13(8-11(14)3)15-12(4)17-9-16-15/h6-8,10H,5H2,1-4H3. The zero-order valence-corrected chi connectivity index (χ0v) is 11.7. The molecule has 17 heavy (non-hydrogen) atoms. The van der Waals surface area contributed by atoms with Gasteiger partial charge in [0.25, 0.3) is 0 Å². The van der Waals surface area contributed by atoms with Gasteiger partial charge >= 0.3 is 0 Å². The van der Waals surface area contributed by atoms with E-state index in [0.717, 1.165) is 5.69 Å². The Labute approximate surface area is 108 Å². The van der Waals surface area contributed by atoms with Crippen LogP contribution in [0.3, 0.4) is 0 Å². The van der Waals surface area contributed by atoms with Crippen LogP contribution in [-0.2, 0) is 0 Å². The number of benzene rings is 1. The lowest BCUT2D eigenvalue weighted by Gasteiger charge is -2.13. The molecule has 0 saturated carbocycles. The van der Waals surface area contributed by atoms with Gasteiger partial charge in [0.15, 0.2) is 5.51 Å². The van der Waals surface area contributed by atoms with Crippen molar-refractivity contribution in [2.24, 2.45) is 0 Å². The summed E-state index contributed by atoms with van der Waals surface area (Å²) >= 11 is 1.58. The molecule has 1 unspecified atom stereocenters.